The number of para-hydroxylation sites is 2. The van der Waals surface area contributed by atoms with E-state index < -0.39 is 31.5 Å². The molecule has 0 aliphatic carbocycles. The van der Waals surface area contributed by atoms with E-state index >= 15 is 0 Å². The Labute approximate surface area is 157 Å². The summed E-state index contributed by atoms with van der Waals surface area (Å²) in [6, 6.07) is 16.1. The fraction of sp³-hybridized carbons (Fsp3) is 0.368. The highest BCUT2D eigenvalue weighted by Gasteiger charge is 2.29. The Hall–Kier alpha value is -1.61. The van der Waals surface area contributed by atoms with Gasteiger partial charge in [0, 0.05) is 16.3 Å². The van der Waals surface area contributed by atoms with Crippen molar-refractivity contribution in [1.82, 2.24) is 5.32 Å². The summed E-state index contributed by atoms with van der Waals surface area (Å²) in [6.07, 6.45) is -0.761. The Morgan fingerprint density at radius 3 is 1.88 bits per heavy atom. The van der Waals surface area contributed by atoms with Crippen molar-refractivity contribution in [2.75, 3.05) is 37.8 Å². The van der Waals surface area contributed by atoms with Crippen LogP contribution in [0.3, 0.4) is 0 Å². The molecule has 6 nitrogen and oxygen atoms in total. The van der Waals surface area contributed by atoms with E-state index in [9.17, 15) is 20.4 Å². The van der Waals surface area contributed by atoms with Crippen LogP contribution >= 0.6 is 11.8 Å². The maximum absolute atomic E-state index is 10.5. The minimum absolute atomic E-state index is 0.135. The molecule has 5 N–H and O–H groups in total. The van der Waals surface area contributed by atoms with Crippen LogP contribution in [0.1, 0.15) is 0 Å². The van der Waals surface area contributed by atoms with Crippen molar-refractivity contribution in [3.63, 3.8) is 0 Å². The van der Waals surface area contributed by atoms with Crippen molar-refractivity contribution in [3.05, 3.63) is 48.5 Å². The van der Waals surface area contributed by atoms with Crippen LogP contribution in [0, 0.1) is 0 Å². The lowest BCUT2D eigenvalue weighted by atomic mass is 10.0. The van der Waals surface area contributed by atoms with Gasteiger partial charge in [0.2, 0.25) is 0 Å². The number of aliphatic hydroxyl groups is 4. The Bertz CT molecular complexity index is 685. The molecule has 0 saturated heterocycles. The smallest absolute Gasteiger partial charge is 0.0882 e. The lowest BCUT2D eigenvalue weighted by Crippen LogP contribution is -2.57. The van der Waals surface area contributed by atoms with Gasteiger partial charge in [0.1, 0.15) is 0 Å². The summed E-state index contributed by atoms with van der Waals surface area (Å²) in [5, 5.41) is 41.6. The number of hydrogen-bond acceptors (Lipinski definition) is 7. The van der Waals surface area contributed by atoms with Gasteiger partial charge in [0.15, 0.2) is 0 Å². The average Bonchev–Trinajstić information content (AvgIpc) is 2.69. The molecule has 0 saturated carbocycles. The van der Waals surface area contributed by atoms with Crippen LogP contribution < -0.4 is 10.2 Å². The van der Waals surface area contributed by atoms with Gasteiger partial charge in [0.05, 0.1) is 49.4 Å². The van der Waals surface area contributed by atoms with Gasteiger partial charge in [-0.1, -0.05) is 36.0 Å². The second kappa shape index (κ2) is 8.39. The number of β-amino-alcohol motifs (C(OH)–C–C–N with tert-alkyl or cyclic N) is 1. The molecule has 3 rings (SSSR count). The molecule has 0 aromatic heterocycles. The highest BCUT2D eigenvalue weighted by Crippen LogP contribution is 2.47. The van der Waals surface area contributed by atoms with Crippen molar-refractivity contribution >= 4 is 23.1 Å². The van der Waals surface area contributed by atoms with Crippen LogP contribution in [0.5, 0.6) is 0 Å². The zero-order valence-electron chi connectivity index (χ0n) is 14.4. The Balaban J connectivity index is 1.77. The summed E-state index contributed by atoms with van der Waals surface area (Å²) in [5.74, 6) is 0. The molecule has 1 heterocycles. The molecule has 0 bridgehead atoms. The molecule has 2 aromatic carbocycles. The van der Waals surface area contributed by atoms with Gasteiger partial charge in [-0.25, -0.2) is 0 Å². The standard InChI is InChI=1S/C19H24N2O4S/c22-11-19(12-23,13-24)20-9-14(25)10-21-15-5-1-3-7-17(15)26-18-8-4-2-6-16(18)21/h1-8,14,20,22-25H,9-13H2/t14-/m1/s1. The van der Waals surface area contributed by atoms with Crippen LogP contribution in [0.25, 0.3) is 0 Å². The average molecular weight is 376 g/mol. The van der Waals surface area contributed by atoms with Gasteiger partial charge in [-0.15, -0.1) is 0 Å². The third kappa shape index (κ3) is 3.88. The molecule has 0 spiro atoms. The molecule has 0 radical (unpaired) electrons. The molecule has 1 aliphatic heterocycles. The summed E-state index contributed by atoms with van der Waals surface area (Å²) in [6.45, 7) is -0.772. The van der Waals surface area contributed by atoms with Crippen molar-refractivity contribution in [2.45, 2.75) is 21.4 Å². The Morgan fingerprint density at radius 1 is 0.885 bits per heavy atom. The first kappa shape index (κ1) is 19.2. The molecule has 1 aliphatic rings. The summed E-state index contributed by atoms with van der Waals surface area (Å²) in [4.78, 5) is 4.33. The molecule has 26 heavy (non-hydrogen) atoms. The van der Waals surface area contributed by atoms with Crippen LogP contribution in [-0.2, 0) is 0 Å². The normalized spacial score (nSPS) is 14.7. The summed E-state index contributed by atoms with van der Waals surface area (Å²) in [7, 11) is 0. The third-order valence-corrected chi connectivity index (χ3v) is 5.68. The van der Waals surface area contributed by atoms with Crippen LogP contribution in [0.4, 0.5) is 11.4 Å². The van der Waals surface area contributed by atoms with Gasteiger partial charge < -0.3 is 30.6 Å². The number of benzene rings is 2. The number of nitrogens with one attached hydrogen (secondary N) is 1. The summed E-state index contributed by atoms with van der Waals surface area (Å²) < 4.78 is 0. The van der Waals surface area contributed by atoms with Gasteiger partial charge >= 0.3 is 0 Å². The van der Waals surface area contributed by atoms with Crippen molar-refractivity contribution < 1.29 is 20.4 Å². The third-order valence-electron chi connectivity index (χ3n) is 4.55. The predicted octanol–water partition coefficient (Wildman–Crippen LogP) is 0.956. The molecule has 0 unspecified atom stereocenters. The maximum Gasteiger partial charge on any atom is 0.0882 e. The number of hydrogen-bond donors (Lipinski definition) is 5. The lowest BCUT2D eigenvalue weighted by molar-refractivity contribution is 0.0332. The number of rotatable bonds is 8. The number of nitrogens with zero attached hydrogens (tertiary/aromatic N) is 1. The molecule has 0 fully saturated rings. The molecule has 0 amide bonds. The first-order valence-electron chi connectivity index (χ1n) is 8.51. The van der Waals surface area contributed by atoms with E-state index in [0.717, 1.165) is 21.2 Å². The zero-order chi connectivity index (χ0) is 18.6. The second-order valence-corrected chi connectivity index (χ2v) is 7.52. The van der Waals surface area contributed by atoms with E-state index in [-0.39, 0.29) is 6.54 Å². The second-order valence-electron chi connectivity index (χ2n) is 6.44. The van der Waals surface area contributed by atoms with Crippen LogP contribution in [0.2, 0.25) is 0 Å². The van der Waals surface area contributed by atoms with E-state index in [1.807, 2.05) is 36.4 Å². The van der Waals surface area contributed by atoms with E-state index in [1.54, 1.807) is 11.8 Å². The summed E-state index contributed by atoms with van der Waals surface area (Å²) >= 11 is 1.70. The fourth-order valence-electron chi connectivity index (χ4n) is 2.91. The van der Waals surface area contributed by atoms with Crippen LogP contribution in [-0.4, -0.2) is 65.0 Å². The summed E-state index contributed by atoms with van der Waals surface area (Å²) in [5.41, 5.74) is 0.870. The van der Waals surface area contributed by atoms with Gasteiger partial charge in [0.25, 0.3) is 0 Å². The predicted molar refractivity (Wildman–Crippen MR) is 102 cm³/mol. The Morgan fingerprint density at radius 2 is 1.38 bits per heavy atom. The number of fused-ring (bicyclic) bond motifs is 2. The van der Waals surface area contributed by atoms with E-state index in [2.05, 4.69) is 22.3 Å². The van der Waals surface area contributed by atoms with Gasteiger partial charge in [-0.05, 0) is 24.3 Å². The lowest BCUT2D eigenvalue weighted by Gasteiger charge is -2.35. The minimum atomic E-state index is -1.20. The monoisotopic (exact) mass is 376 g/mol. The highest BCUT2D eigenvalue weighted by molar-refractivity contribution is 7.99. The van der Waals surface area contributed by atoms with Crippen molar-refractivity contribution in [2.24, 2.45) is 0 Å². The molecule has 2 aromatic rings. The molecule has 140 valence electrons. The first-order valence-corrected chi connectivity index (χ1v) is 9.33. The maximum atomic E-state index is 10.5. The first-order chi connectivity index (χ1) is 12.6. The van der Waals surface area contributed by atoms with Gasteiger partial charge in [-0.2, -0.15) is 0 Å². The fourth-order valence-corrected chi connectivity index (χ4v) is 4.00. The number of anilines is 2. The molecular weight excluding hydrogens is 352 g/mol. The van der Waals surface area contributed by atoms with Gasteiger partial charge in [-0.3, -0.25) is 0 Å². The molecule has 1 atom stereocenters. The Kier molecular flexibility index (Phi) is 6.18. The topological polar surface area (TPSA) is 96.2 Å². The minimum Gasteiger partial charge on any atom is -0.394 e. The zero-order valence-corrected chi connectivity index (χ0v) is 15.2. The van der Waals surface area contributed by atoms with E-state index in [0.29, 0.717) is 6.54 Å². The van der Waals surface area contributed by atoms with E-state index in [4.69, 9.17) is 0 Å². The van der Waals surface area contributed by atoms with Crippen molar-refractivity contribution in [1.29, 1.82) is 0 Å². The molecule has 7 heteroatoms. The number of aliphatic hydroxyl groups excluding tert-OH is 4. The van der Waals surface area contributed by atoms with Crippen LogP contribution in [0.15, 0.2) is 58.3 Å². The highest BCUT2D eigenvalue weighted by atomic mass is 32.2. The SMILES string of the molecule is OCC(CO)(CO)NC[C@@H](O)CN1c2ccccc2Sc2ccccc21. The largest absolute Gasteiger partial charge is 0.394 e. The molecular formula is C19H24N2O4S. The van der Waals surface area contributed by atoms with Crippen molar-refractivity contribution in [3.8, 4) is 0 Å². The quantitative estimate of drug-likeness (QED) is 0.468. The van der Waals surface area contributed by atoms with E-state index in [1.165, 1.54) is 0 Å².